The van der Waals surface area contributed by atoms with E-state index in [1.165, 1.54) is 18.1 Å². The van der Waals surface area contributed by atoms with Gasteiger partial charge in [-0.2, -0.15) is 0 Å². The highest BCUT2D eigenvalue weighted by molar-refractivity contribution is 5.98. The molecule has 0 radical (unpaired) electrons. The van der Waals surface area contributed by atoms with Crippen LogP contribution in [0.1, 0.15) is 34.8 Å². The third-order valence-electron chi connectivity index (χ3n) is 8.25. The lowest BCUT2D eigenvalue weighted by atomic mass is 10.1. The number of nitrogens with zero attached hydrogens (tertiary/aromatic N) is 4. The van der Waals surface area contributed by atoms with Crippen LogP contribution in [0.3, 0.4) is 0 Å². The predicted molar refractivity (Wildman–Crippen MR) is 165 cm³/mol. The number of ketones is 1. The molecule has 0 spiro atoms. The first-order chi connectivity index (χ1) is 20.4. The molecule has 1 atom stereocenters. The van der Waals surface area contributed by atoms with Crippen molar-refractivity contribution in [2.75, 3.05) is 57.7 Å². The number of rotatable bonds is 10. The van der Waals surface area contributed by atoms with Gasteiger partial charge < -0.3 is 10.2 Å². The van der Waals surface area contributed by atoms with Crippen LogP contribution in [0, 0.1) is 0 Å². The molecule has 3 aromatic carbocycles. The number of anilines is 1. The van der Waals surface area contributed by atoms with E-state index in [0.717, 1.165) is 52.4 Å². The van der Waals surface area contributed by atoms with Crippen LogP contribution >= 0.6 is 0 Å². The monoisotopic (exact) mass is 567 g/mol. The van der Waals surface area contributed by atoms with Crippen molar-refractivity contribution in [3.05, 3.63) is 102 Å². The Morgan fingerprint density at radius 1 is 0.690 bits per heavy atom. The molecule has 0 saturated carbocycles. The van der Waals surface area contributed by atoms with Crippen LogP contribution in [-0.2, 0) is 22.7 Å². The third kappa shape index (κ3) is 8.12. The standard InChI is InChI=1S/C34H41N5O3/c1-27(40)30-13-8-14-31(23-30)35-33(41)24-32(38-19-15-36(16-20-38)25-28-9-4-2-5-10-28)34(42)39-21-17-37(18-22-39)26-29-11-6-3-7-12-29/h2-14,23,32H,15-22,24-26H2,1H3,(H,35,41)/t32-/m0/s1. The number of hydrogen-bond acceptors (Lipinski definition) is 6. The second kappa shape index (κ2) is 14.4. The van der Waals surface area contributed by atoms with E-state index in [0.29, 0.717) is 24.3 Å². The Kier molecular flexibility index (Phi) is 10.1. The van der Waals surface area contributed by atoms with Gasteiger partial charge in [0.15, 0.2) is 5.78 Å². The number of hydrogen-bond donors (Lipinski definition) is 1. The van der Waals surface area contributed by atoms with Crippen LogP contribution in [0.2, 0.25) is 0 Å². The van der Waals surface area contributed by atoms with Crippen molar-refractivity contribution in [1.29, 1.82) is 0 Å². The van der Waals surface area contributed by atoms with E-state index in [1.807, 2.05) is 17.0 Å². The van der Waals surface area contributed by atoms with E-state index in [-0.39, 0.29) is 24.0 Å². The van der Waals surface area contributed by atoms with Crippen LogP contribution in [0.4, 0.5) is 5.69 Å². The summed E-state index contributed by atoms with van der Waals surface area (Å²) < 4.78 is 0. The Morgan fingerprint density at radius 2 is 1.24 bits per heavy atom. The molecular formula is C34H41N5O3. The molecule has 0 bridgehead atoms. The molecule has 8 heteroatoms. The van der Waals surface area contributed by atoms with Gasteiger partial charge in [-0.1, -0.05) is 72.8 Å². The summed E-state index contributed by atoms with van der Waals surface area (Å²) in [7, 11) is 0. The first kappa shape index (κ1) is 29.6. The van der Waals surface area contributed by atoms with Crippen LogP contribution in [-0.4, -0.2) is 95.6 Å². The maximum atomic E-state index is 14.0. The summed E-state index contributed by atoms with van der Waals surface area (Å²) in [5.41, 5.74) is 3.66. The number of amides is 2. The fourth-order valence-electron chi connectivity index (χ4n) is 5.83. The van der Waals surface area contributed by atoms with Gasteiger partial charge in [0, 0.05) is 76.7 Å². The smallest absolute Gasteiger partial charge is 0.240 e. The number of Topliss-reactive ketones (excluding diaryl/α,β-unsaturated/α-hetero) is 1. The molecule has 220 valence electrons. The largest absolute Gasteiger partial charge is 0.339 e. The summed E-state index contributed by atoms with van der Waals surface area (Å²) in [6.45, 7) is 9.31. The maximum absolute atomic E-state index is 14.0. The topological polar surface area (TPSA) is 76.2 Å². The molecule has 2 saturated heterocycles. The highest BCUT2D eigenvalue weighted by atomic mass is 16.2. The molecule has 0 aromatic heterocycles. The van der Waals surface area contributed by atoms with Crippen molar-refractivity contribution in [3.8, 4) is 0 Å². The van der Waals surface area contributed by atoms with E-state index in [1.54, 1.807) is 24.3 Å². The molecular weight excluding hydrogens is 526 g/mol. The molecule has 2 fully saturated rings. The van der Waals surface area contributed by atoms with Crippen molar-refractivity contribution in [1.82, 2.24) is 19.6 Å². The molecule has 2 heterocycles. The Bertz CT molecular complexity index is 1330. The van der Waals surface area contributed by atoms with E-state index >= 15 is 0 Å². The van der Waals surface area contributed by atoms with Gasteiger partial charge in [0.1, 0.15) is 0 Å². The first-order valence-corrected chi connectivity index (χ1v) is 14.9. The Morgan fingerprint density at radius 3 is 1.79 bits per heavy atom. The lowest BCUT2D eigenvalue weighted by Gasteiger charge is -2.42. The second-order valence-corrected chi connectivity index (χ2v) is 11.3. The molecule has 0 unspecified atom stereocenters. The fraction of sp³-hybridized carbons (Fsp3) is 0.382. The van der Waals surface area contributed by atoms with E-state index in [2.05, 4.69) is 68.5 Å². The highest BCUT2D eigenvalue weighted by Gasteiger charge is 2.35. The van der Waals surface area contributed by atoms with Gasteiger partial charge in [-0.15, -0.1) is 0 Å². The first-order valence-electron chi connectivity index (χ1n) is 14.9. The minimum Gasteiger partial charge on any atom is -0.339 e. The Labute approximate surface area is 248 Å². The summed E-state index contributed by atoms with van der Waals surface area (Å²) in [4.78, 5) is 48.0. The zero-order valence-corrected chi connectivity index (χ0v) is 24.5. The third-order valence-corrected chi connectivity index (χ3v) is 8.25. The molecule has 2 aliphatic heterocycles. The van der Waals surface area contributed by atoms with E-state index < -0.39 is 6.04 Å². The van der Waals surface area contributed by atoms with Crippen LogP contribution in [0.5, 0.6) is 0 Å². The number of carbonyl (C=O) groups excluding carboxylic acids is 3. The molecule has 8 nitrogen and oxygen atoms in total. The number of nitrogens with one attached hydrogen (secondary N) is 1. The lowest BCUT2D eigenvalue weighted by Crippen LogP contribution is -2.58. The Balaban J connectivity index is 1.23. The second-order valence-electron chi connectivity index (χ2n) is 11.3. The van der Waals surface area contributed by atoms with Gasteiger partial charge in [0.2, 0.25) is 11.8 Å². The minimum absolute atomic E-state index is 0.0264. The fourth-order valence-corrected chi connectivity index (χ4v) is 5.83. The summed E-state index contributed by atoms with van der Waals surface area (Å²) in [6, 6.07) is 27.3. The van der Waals surface area contributed by atoms with Crippen molar-refractivity contribution >= 4 is 23.3 Å². The van der Waals surface area contributed by atoms with Crippen LogP contribution in [0.15, 0.2) is 84.9 Å². The lowest BCUT2D eigenvalue weighted by molar-refractivity contribution is -0.141. The molecule has 42 heavy (non-hydrogen) atoms. The van der Waals surface area contributed by atoms with Crippen LogP contribution in [0.25, 0.3) is 0 Å². The molecule has 5 rings (SSSR count). The summed E-state index contributed by atoms with van der Waals surface area (Å²) >= 11 is 0. The quantitative estimate of drug-likeness (QED) is 0.376. The maximum Gasteiger partial charge on any atom is 0.240 e. The summed E-state index contributed by atoms with van der Waals surface area (Å²) in [6.07, 6.45) is 0.0754. The molecule has 2 aliphatic rings. The number of benzene rings is 3. The van der Waals surface area contributed by atoms with Gasteiger partial charge in [-0.05, 0) is 30.2 Å². The number of carbonyl (C=O) groups is 3. The minimum atomic E-state index is -0.527. The molecule has 1 N–H and O–H groups in total. The molecule has 0 aliphatic carbocycles. The van der Waals surface area contributed by atoms with Gasteiger partial charge in [-0.25, -0.2) is 0 Å². The zero-order chi connectivity index (χ0) is 29.3. The molecule has 2 amide bonds. The van der Waals surface area contributed by atoms with E-state index in [9.17, 15) is 14.4 Å². The van der Waals surface area contributed by atoms with Crippen LogP contribution < -0.4 is 5.32 Å². The summed E-state index contributed by atoms with van der Waals surface area (Å²) in [5, 5.41) is 2.93. The average molecular weight is 568 g/mol. The Hall–Kier alpha value is -3.85. The molecule has 3 aromatic rings. The summed E-state index contributed by atoms with van der Waals surface area (Å²) in [5.74, 6) is -0.249. The highest BCUT2D eigenvalue weighted by Crippen LogP contribution is 2.19. The van der Waals surface area contributed by atoms with Crippen molar-refractivity contribution in [3.63, 3.8) is 0 Å². The van der Waals surface area contributed by atoms with Gasteiger partial charge in [0.25, 0.3) is 0 Å². The van der Waals surface area contributed by atoms with Crippen molar-refractivity contribution in [2.45, 2.75) is 32.5 Å². The van der Waals surface area contributed by atoms with E-state index in [4.69, 9.17) is 0 Å². The average Bonchev–Trinajstić information content (AvgIpc) is 3.01. The zero-order valence-electron chi connectivity index (χ0n) is 24.5. The van der Waals surface area contributed by atoms with Crippen molar-refractivity contribution in [2.24, 2.45) is 0 Å². The predicted octanol–water partition coefficient (Wildman–Crippen LogP) is 3.75. The SMILES string of the molecule is CC(=O)c1cccc(NC(=O)C[C@@H](C(=O)N2CCN(Cc3ccccc3)CC2)N2CCN(Cc3ccccc3)CC2)c1. The van der Waals surface area contributed by atoms with Gasteiger partial charge in [0.05, 0.1) is 12.5 Å². The van der Waals surface area contributed by atoms with Crippen molar-refractivity contribution < 1.29 is 14.4 Å². The number of piperazine rings is 2. The normalized spacial score (nSPS) is 17.5. The van der Waals surface area contributed by atoms with Gasteiger partial charge in [-0.3, -0.25) is 29.1 Å². The van der Waals surface area contributed by atoms with Gasteiger partial charge >= 0.3 is 0 Å².